The summed E-state index contributed by atoms with van der Waals surface area (Å²) in [5, 5.41) is 12.0. The van der Waals surface area contributed by atoms with Crippen LogP contribution in [-0.2, 0) is 4.74 Å². The molecule has 2 heterocycles. The van der Waals surface area contributed by atoms with Gasteiger partial charge in [0.1, 0.15) is 5.54 Å². The molecule has 1 N–H and O–H groups in total. The number of pyridine rings is 1. The molecule has 1 amide bonds. The van der Waals surface area contributed by atoms with Crippen LogP contribution in [0.4, 0.5) is 0 Å². The van der Waals surface area contributed by atoms with E-state index < -0.39 is 5.54 Å². The summed E-state index contributed by atoms with van der Waals surface area (Å²) < 4.78 is 5.20. The zero-order chi connectivity index (χ0) is 12.1. The Labute approximate surface area is 99.4 Å². The molecular weight excluding hydrogens is 218 g/mol. The summed E-state index contributed by atoms with van der Waals surface area (Å²) in [4.78, 5) is 15.8. The first-order chi connectivity index (χ1) is 8.26. The number of aromatic nitrogens is 1. The highest BCUT2D eigenvalue weighted by Crippen LogP contribution is 2.20. The van der Waals surface area contributed by atoms with Gasteiger partial charge >= 0.3 is 0 Å². The van der Waals surface area contributed by atoms with E-state index in [1.165, 1.54) is 0 Å². The highest BCUT2D eigenvalue weighted by molar-refractivity contribution is 5.94. The minimum absolute atomic E-state index is 0.240. The average Bonchev–Trinajstić information content (AvgIpc) is 2.41. The van der Waals surface area contributed by atoms with Gasteiger partial charge in [0.25, 0.3) is 5.91 Å². The number of rotatable bonds is 2. The van der Waals surface area contributed by atoms with Gasteiger partial charge in [-0.1, -0.05) is 0 Å². The summed E-state index contributed by atoms with van der Waals surface area (Å²) >= 11 is 0. The lowest BCUT2D eigenvalue weighted by Gasteiger charge is -2.31. The fourth-order valence-corrected chi connectivity index (χ4v) is 1.78. The third-order valence-electron chi connectivity index (χ3n) is 2.86. The number of carbonyl (C=O) groups excluding carboxylic acids is 1. The Balaban J connectivity index is 2.10. The van der Waals surface area contributed by atoms with Crippen molar-refractivity contribution in [3.05, 3.63) is 30.1 Å². The van der Waals surface area contributed by atoms with E-state index in [0.717, 1.165) is 0 Å². The Morgan fingerprint density at radius 3 is 2.65 bits per heavy atom. The molecule has 0 bridgehead atoms. The van der Waals surface area contributed by atoms with Gasteiger partial charge in [0, 0.05) is 44.0 Å². The smallest absolute Gasteiger partial charge is 0.252 e. The molecule has 0 saturated carbocycles. The molecule has 1 aliphatic heterocycles. The molecule has 17 heavy (non-hydrogen) atoms. The minimum Gasteiger partial charge on any atom is -0.381 e. The molecule has 0 aliphatic carbocycles. The Morgan fingerprint density at radius 1 is 1.41 bits per heavy atom. The maximum atomic E-state index is 11.9. The van der Waals surface area contributed by atoms with E-state index in [0.29, 0.717) is 31.6 Å². The van der Waals surface area contributed by atoms with E-state index in [4.69, 9.17) is 4.74 Å². The van der Waals surface area contributed by atoms with Gasteiger partial charge in [-0.05, 0) is 12.1 Å². The lowest BCUT2D eigenvalue weighted by Crippen LogP contribution is -2.50. The number of nitriles is 1. The van der Waals surface area contributed by atoms with Gasteiger partial charge < -0.3 is 10.1 Å². The lowest BCUT2D eigenvalue weighted by atomic mass is 9.91. The van der Waals surface area contributed by atoms with Crippen LogP contribution >= 0.6 is 0 Å². The van der Waals surface area contributed by atoms with Crippen molar-refractivity contribution in [2.45, 2.75) is 18.4 Å². The van der Waals surface area contributed by atoms with Gasteiger partial charge in [-0.2, -0.15) is 5.26 Å². The van der Waals surface area contributed by atoms with Gasteiger partial charge in [0.05, 0.1) is 6.07 Å². The zero-order valence-corrected chi connectivity index (χ0v) is 9.35. The second-order valence-electron chi connectivity index (χ2n) is 4.00. The summed E-state index contributed by atoms with van der Waals surface area (Å²) in [5.74, 6) is -0.240. The number of amides is 1. The van der Waals surface area contributed by atoms with Crippen LogP contribution in [0.5, 0.6) is 0 Å². The summed E-state index contributed by atoms with van der Waals surface area (Å²) in [6, 6.07) is 5.44. The minimum atomic E-state index is -0.793. The summed E-state index contributed by atoms with van der Waals surface area (Å²) in [5.41, 5.74) is -0.278. The third-order valence-corrected chi connectivity index (χ3v) is 2.86. The molecule has 0 aromatic carbocycles. The fraction of sp³-hybridized carbons (Fsp3) is 0.417. The molecular formula is C12H13N3O2. The summed E-state index contributed by atoms with van der Waals surface area (Å²) in [7, 11) is 0. The van der Waals surface area contributed by atoms with Crippen molar-refractivity contribution in [2.24, 2.45) is 0 Å². The maximum absolute atomic E-state index is 11.9. The highest BCUT2D eigenvalue weighted by Gasteiger charge is 2.34. The number of carbonyl (C=O) groups is 1. The van der Waals surface area contributed by atoms with Crippen LogP contribution in [0.15, 0.2) is 24.5 Å². The molecule has 1 aromatic heterocycles. The van der Waals surface area contributed by atoms with E-state index in [1.807, 2.05) is 0 Å². The Kier molecular flexibility index (Phi) is 3.35. The number of nitrogens with zero attached hydrogens (tertiary/aromatic N) is 2. The first kappa shape index (κ1) is 11.6. The SMILES string of the molecule is N#CC1(NC(=O)c2ccncc2)CCOCC1. The van der Waals surface area contributed by atoms with Gasteiger partial charge in [-0.3, -0.25) is 9.78 Å². The standard InChI is InChI=1S/C12H13N3O2/c13-9-12(3-7-17-8-4-12)15-11(16)10-1-5-14-6-2-10/h1-2,5-6H,3-4,7-8H2,(H,15,16). The second-order valence-corrected chi connectivity index (χ2v) is 4.00. The van der Waals surface area contributed by atoms with Crippen molar-refractivity contribution in [3.63, 3.8) is 0 Å². The quantitative estimate of drug-likeness (QED) is 0.820. The fourth-order valence-electron chi connectivity index (χ4n) is 1.78. The highest BCUT2D eigenvalue weighted by atomic mass is 16.5. The molecule has 0 atom stereocenters. The van der Waals surface area contributed by atoms with E-state index in [1.54, 1.807) is 24.5 Å². The predicted octanol–water partition coefficient (Wildman–Crippen LogP) is 0.884. The van der Waals surface area contributed by atoms with Gasteiger partial charge in [0.15, 0.2) is 0 Å². The monoisotopic (exact) mass is 231 g/mol. The largest absolute Gasteiger partial charge is 0.381 e. The van der Waals surface area contributed by atoms with Crippen molar-refractivity contribution < 1.29 is 9.53 Å². The lowest BCUT2D eigenvalue weighted by molar-refractivity contribution is 0.0531. The van der Waals surface area contributed by atoms with Crippen LogP contribution in [0.2, 0.25) is 0 Å². The summed E-state index contributed by atoms with van der Waals surface area (Å²) in [6.45, 7) is 1.01. The zero-order valence-electron chi connectivity index (χ0n) is 9.35. The normalized spacial score (nSPS) is 18.1. The van der Waals surface area contributed by atoms with Crippen molar-refractivity contribution in [2.75, 3.05) is 13.2 Å². The van der Waals surface area contributed by atoms with Gasteiger partial charge in [0.2, 0.25) is 0 Å². The average molecular weight is 231 g/mol. The number of hydrogen-bond acceptors (Lipinski definition) is 4. The van der Waals surface area contributed by atoms with Crippen LogP contribution in [0.3, 0.4) is 0 Å². The Morgan fingerprint density at radius 2 is 2.06 bits per heavy atom. The van der Waals surface area contributed by atoms with Crippen LogP contribution in [0.1, 0.15) is 23.2 Å². The molecule has 2 rings (SSSR count). The van der Waals surface area contributed by atoms with Crippen LogP contribution in [0, 0.1) is 11.3 Å². The van der Waals surface area contributed by atoms with E-state index in [-0.39, 0.29) is 5.91 Å². The molecule has 1 aliphatic rings. The summed E-state index contributed by atoms with van der Waals surface area (Å²) in [6.07, 6.45) is 4.16. The number of hydrogen-bond donors (Lipinski definition) is 1. The predicted molar refractivity (Wildman–Crippen MR) is 60.1 cm³/mol. The third kappa shape index (κ3) is 2.60. The first-order valence-electron chi connectivity index (χ1n) is 5.47. The molecule has 5 nitrogen and oxygen atoms in total. The molecule has 0 unspecified atom stereocenters. The van der Waals surface area contributed by atoms with E-state index in [2.05, 4.69) is 16.4 Å². The van der Waals surface area contributed by atoms with Crippen LogP contribution in [0.25, 0.3) is 0 Å². The number of ether oxygens (including phenoxy) is 1. The molecule has 1 saturated heterocycles. The van der Waals surface area contributed by atoms with Crippen LogP contribution < -0.4 is 5.32 Å². The molecule has 1 fully saturated rings. The van der Waals surface area contributed by atoms with Crippen molar-refractivity contribution in [1.82, 2.24) is 10.3 Å². The van der Waals surface area contributed by atoms with Gasteiger partial charge in [-0.25, -0.2) is 0 Å². The van der Waals surface area contributed by atoms with Crippen molar-refractivity contribution in [1.29, 1.82) is 5.26 Å². The number of nitrogens with one attached hydrogen (secondary N) is 1. The molecule has 5 heteroatoms. The van der Waals surface area contributed by atoms with Gasteiger partial charge in [-0.15, -0.1) is 0 Å². The molecule has 0 spiro atoms. The maximum Gasteiger partial charge on any atom is 0.252 e. The van der Waals surface area contributed by atoms with E-state index >= 15 is 0 Å². The topological polar surface area (TPSA) is 75.0 Å². The first-order valence-corrected chi connectivity index (χ1v) is 5.47. The Bertz CT molecular complexity index is 433. The second kappa shape index (κ2) is 4.93. The molecule has 1 aromatic rings. The van der Waals surface area contributed by atoms with E-state index in [9.17, 15) is 10.1 Å². The van der Waals surface area contributed by atoms with Crippen molar-refractivity contribution in [3.8, 4) is 6.07 Å². The van der Waals surface area contributed by atoms with Crippen LogP contribution in [-0.4, -0.2) is 29.6 Å². The molecule has 0 radical (unpaired) electrons. The van der Waals surface area contributed by atoms with Crippen molar-refractivity contribution >= 4 is 5.91 Å². The molecule has 88 valence electrons. The Hall–Kier alpha value is -1.93.